The Morgan fingerprint density at radius 2 is 2.12 bits per heavy atom. The van der Waals surface area contributed by atoms with Gasteiger partial charge in [-0.25, -0.2) is 0 Å². The summed E-state index contributed by atoms with van der Waals surface area (Å²) in [6.45, 7) is 5.57. The number of hydrogen-bond donors (Lipinski definition) is 2. The average molecular weight is 256 g/mol. The van der Waals surface area contributed by atoms with Crippen LogP contribution in [0.3, 0.4) is 0 Å². The van der Waals surface area contributed by atoms with Gasteiger partial charge in [0.05, 0.1) is 23.2 Å². The van der Waals surface area contributed by atoms with Crippen LogP contribution in [0, 0.1) is 19.8 Å². The molecule has 1 amide bonds. The minimum absolute atomic E-state index is 0.148. The van der Waals surface area contributed by atoms with Crippen molar-refractivity contribution in [1.29, 1.82) is 0 Å². The molecule has 1 aromatic rings. The van der Waals surface area contributed by atoms with Crippen LogP contribution in [0.4, 0.5) is 5.69 Å². The second-order valence-electron chi connectivity index (χ2n) is 4.22. The second kappa shape index (κ2) is 6.03. The highest BCUT2D eigenvalue weighted by Crippen LogP contribution is 2.27. The zero-order chi connectivity index (χ0) is 13.0. The third-order valence-electron chi connectivity index (χ3n) is 2.76. The first-order chi connectivity index (χ1) is 7.99. The number of aliphatic hydroxyl groups excluding tert-OH is 1. The maximum absolute atomic E-state index is 11.8. The van der Waals surface area contributed by atoms with Gasteiger partial charge in [0.15, 0.2) is 0 Å². The summed E-state index contributed by atoms with van der Waals surface area (Å²) in [7, 11) is 0. The van der Waals surface area contributed by atoms with Crippen LogP contribution in [0.1, 0.15) is 24.5 Å². The lowest BCUT2D eigenvalue weighted by atomic mass is 10.1. The zero-order valence-corrected chi connectivity index (χ0v) is 11.1. The summed E-state index contributed by atoms with van der Waals surface area (Å²) in [4.78, 5) is 11.8. The first-order valence-electron chi connectivity index (χ1n) is 5.68. The molecule has 0 bridgehead atoms. The fourth-order valence-electron chi connectivity index (χ4n) is 1.70. The van der Waals surface area contributed by atoms with Crippen LogP contribution in [0.2, 0.25) is 5.02 Å². The number of benzene rings is 1. The Labute approximate surface area is 107 Å². The van der Waals surface area contributed by atoms with Gasteiger partial charge in [0.1, 0.15) is 0 Å². The molecular formula is C13H18ClNO2. The quantitative estimate of drug-likeness (QED) is 0.869. The van der Waals surface area contributed by atoms with E-state index in [0.717, 1.165) is 11.1 Å². The number of amides is 1. The van der Waals surface area contributed by atoms with Crippen molar-refractivity contribution in [2.75, 3.05) is 11.9 Å². The van der Waals surface area contributed by atoms with E-state index in [2.05, 4.69) is 5.32 Å². The average Bonchev–Trinajstić information content (AvgIpc) is 2.25. The Bertz CT molecular complexity index is 391. The van der Waals surface area contributed by atoms with Crippen molar-refractivity contribution in [1.82, 2.24) is 0 Å². The molecule has 0 fully saturated rings. The van der Waals surface area contributed by atoms with E-state index in [-0.39, 0.29) is 18.4 Å². The summed E-state index contributed by atoms with van der Waals surface area (Å²) < 4.78 is 0. The monoisotopic (exact) mass is 255 g/mol. The molecule has 0 heterocycles. The lowest BCUT2D eigenvalue weighted by molar-refractivity contribution is -0.121. The summed E-state index contributed by atoms with van der Waals surface area (Å²) in [5.74, 6) is -0.573. The Balaban J connectivity index is 2.92. The number of hydrogen-bond acceptors (Lipinski definition) is 2. The summed E-state index contributed by atoms with van der Waals surface area (Å²) in [5.41, 5.74) is 2.62. The third kappa shape index (κ3) is 3.45. The molecule has 0 aliphatic carbocycles. The molecule has 0 radical (unpaired) electrons. The van der Waals surface area contributed by atoms with Crippen LogP contribution in [0.15, 0.2) is 12.1 Å². The molecule has 0 saturated heterocycles. The van der Waals surface area contributed by atoms with Gasteiger partial charge >= 0.3 is 0 Å². The van der Waals surface area contributed by atoms with Gasteiger partial charge in [0.25, 0.3) is 0 Å². The van der Waals surface area contributed by atoms with Crippen molar-refractivity contribution in [2.45, 2.75) is 27.2 Å². The predicted molar refractivity (Wildman–Crippen MR) is 70.4 cm³/mol. The molecule has 1 aromatic carbocycles. The number of carbonyl (C=O) groups is 1. The number of anilines is 1. The Kier molecular flexibility index (Phi) is 4.97. The van der Waals surface area contributed by atoms with Gasteiger partial charge in [-0.1, -0.05) is 24.6 Å². The number of nitrogens with one attached hydrogen (secondary N) is 1. The van der Waals surface area contributed by atoms with E-state index >= 15 is 0 Å². The van der Waals surface area contributed by atoms with Crippen molar-refractivity contribution in [3.05, 3.63) is 28.3 Å². The topological polar surface area (TPSA) is 49.3 Å². The fourth-order valence-corrected chi connectivity index (χ4v) is 2.07. The van der Waals surface area contributed by atoms with Gasteiger partial charge in [-0.3, -0.25) is 4.79 Å². The highest BCUT2D eigenvalue weighted by molar-refractivity contribution is 6.34. The Morgan fingerprint density at radius 3 is 2.59 bits per heavy atom. The lowest BCUT2D eigenvalue weighted by Crippen LogP contribution is -2.25. The van der Waals surface area contributed by atoms with E-state index in [0.29, 0.717) is 17.1 Å². The first kappa shape index (κ1) is 14.0. The van der Waals surface area contributed by atoms with Gasteiger partial charge in [-0.2, -0.15) is 0 Å². The molecule has 4 heteroatoms. The van der Waals surface area contributed by atoms with Crippen molar-refractivity contribution in [3.8, 4) is 0 Å². The lowest BCUT2D eigenvalue weighted by Gasteiger charge is -2.15. The van der Waals surface area contributed by atoms with E-state index in [4.69, 9.17) is 16.7 Å². The van der Waals surface area contributed by atoms with Gasteiger partial charge in [-0.15, -0.1) is 0 Å². The van der Waals surface area contributed by atoms with Crippen LogP contribution in [-0.2, 0) is 4.79 Å². The number of rotatable bonds is 4. The maximum Gasteiger partial charge on any atom is 0.229 e. The van der Waals surface area contributed by atoms with E-state index in [1.54, 1.807) is 0 Å². The van der Waals surface area contributed by atoms with Crippen LogP contribution in [-0.4, -0.2) is 17.6 Å². The standard InChI is InChI=1S/C13H18ClNO2/c1-4-10(7-16)13(17)15-12-9(3)5-8(2)6-11(12)14/h5-6,10,16H,4,7H2,1-3H3,(H,15,17). The zero-order valence-electron chi connectivity index (χ0n) is 10.4. The fraction of sp³-hybridized carbons (Fsp3) is 0.462. The normalized spacial score (nSPS) is 12.3. The van der Waals surface area contributed by atoms with Crippen LogP contribution in [0.5, 0.6) is 0 Å². The smallest absolute Gasteiger partial charge is 0.229 e. The molecule has 94 valence electrons. The second-order valence-corrected chi connectivity index (χ2v) is 4.62. The number of halogens is 1. The van der Waals surface area contributed by atoms with E-state index in [1.165, 1.54) is 0 Å². The molecule has 0 saturated carbocycles. The van der Waals surface area contributed by atoms with Crippen LogP contribution < -0.4 is 5.32 Å². The highest BCUT2D eigenvalue weighted by atomic mass is 35.5. The highest BCUT2D eigenvalue weighted by Gasteiger charge is 2.17. The van der Waals surface area contributed by atoms with E-state index in [1.807, 2.05) is 32.9 Å². The van der Waals surface area contributed by atoms with Gasteiger partial charge in [-0.05, 0) is 37.5 Å². The first-order valence-corrected chi connectivity index (χ1v) is 6.05. The number of aliphatic hydroxyl groups is 1. The van der Waals surface area contributed by atoms with Crippen LogP contribution in [0.25, 0.3) is 0 Å². The maximum atomic E-state index is 11.8. The Morgan fingerprint density at radius 1 is 1.47 bits per heavy atom. The molecule has 1 rings (SSSR count). The van der Waals surface area contributed by atoms with Crippen molar-refractivity contribution in [3.63, 3.8) is 0 Å². The van der Waals surface area contributed by atoms with Gasteiger partial charge < -0.3 is 10.4 Å². The molecule has 1 atom stereocenters. The molecule has 1 unspecified atom stereocenters. The third-order valence-corrected chi connectivity index (χ3v) is 3.06. The largest absolute Gasteiger partial charge is 0.396 e. The van der Waals surface area contributed by atoms with E-state index < -0.39 is 0 Å². The minimum atomic E-state index is -0.383. The molecule has 0 aromatic heterocycles. The molecule has 17 heavy (non-hydrogen) atoms. The van der Waals surface area contributed by atoms with Crippen molar-refractivity contribution >= 4 is 23.2 Å². The molecule has 2 N–H and O–H groups in total. The predicted octanol–water partition coefficient (Wildman–Crippen LogP) is 2.91. The summed E-state index contributed by atoms with van der Waals surface area (Å²) in [6.07, 6.45) is 0.602. The SMILES string of the molecule is CCC(CO)C(=O)Nc1c(C)cc(C)cc1Cl. The number of carbonyl (C=O) groups excluding carboxylic acids is 1. The molecule has 0 aliphatic rings. The van der Waals surface area contributed by atoms with Crippen molar-refractivity contribution in [2.24, 2.45) is 5.92 Å². The molecular weight excluding hydrogens is 238 g/mol. The van der Waals surface area contributed by atoms with Crippen LogP contribution >= 0.6 is 11.6 Å². The summed E-state index contributed by atoms with van der Waals surface area (Å²) in [5, 5.41) is 12.4. The summed E-state index contributed by atoms with van der Waals surface area (Å²) >= 11 is 6.09. The summed E-state index contributed by atoms with van der Waals surface area (Å²) in [6, 6.07) is 3.77. The molecule has 0 aliphatic heterocycles. The van der Waals surface area contributed by atoms with Gasteiger partial charge in [0, 0.05) is 0 Å². The Hall–Kier alpha value is -1.06. The molecule has 0 spiro atoms. The number of aryl methyl sites for hydroxylation is 2. The molecule has 3 nitrogen and oxygen atoms in total. The van der Waals surface area contributed by atoms with E-state index in [9.17, 15) is 4.79 Å². The van der Waals surface area contributed by atoms with Crippen molar-refractivity contribution < 1.29 is 9.90 Å². The van der Waals surface area contributed by atoms with Gasteiger partial charge in [0.2, 0.25) is 5.91 Å². The minimum Gasteiger partial charge on any atom is -0.396 e.